The minimum atomic E-state index is -3.45. The Hall–Kier alpha value is -2.74. The van der Waals surface area contributed by atoms with Gasteiger partial charge in [0.25, 0.3) is 0 Å². The summed E-state index contributed by atoms with van der Waals surface area (Å²) in [5.74, 6) is 1.14. The van der Waals surface area contributed by atoms with Crippen molar-refractivity contribution in [2.75, 3.05) is 24.4 Å². The number of benzene rings is 2. The fraction of sp³-hybridized carbons (Fsp3) is 0.316. The van der Waals surface area contributed by atoms with Crippen molar-refractivity contribution in [3.8, 4) is 11.5 Å². The molecule has 7 nitrogen and oxygen atoms in total. The fourth-order valence-corrected chi connectivity index (χ4v) is 5.04. The second kappa shape index (κ2) is 7.11. The summed E-state index contributed by atoms with van der Waals surface area (Å²) < 4.78 is 35.9. The van der Waals surface area contributed by atoms with Gasteiger partial charge in [-0.3, -0.25) is 0 Å². The van der Waals surface area contributed by atoms with Crippen molar-refractivity contribution in [2.24, 2.45) is 0 Å². The predicted octanol–water partition coefficient (Wildman–Crippen LogP) is 2.89. The molecule has 1 saturated heterocycles. The quantitative estimate of drug-likeness (QED) is 0.871. The van der Waals surface area contributed by atoms with Gasteiger partial charge in [-0.1, -0.05) is 18.2 Å². The van der Waals surface area contributed by atoms with Gasteiger partial charge in [0.05, 0.1) is 10.6 Å². The van der Waals surface area contributed by atoms with Crippen LogP contribution < -0.4 is 14.8 Å². The summed E-state index contributed by atoms with van der Waals surface area (Å²) in [6.07, 6.45) is 1.45. The van der Waals surface area contributed by atoms with Crippen molar-refractivity contribution in [1.29, 1.82) is 0 Å². The monoisotopic (exact) mass is 388 g/mol. The van der Waals surface area contributed by atoms with Gasteiger partial charge in [0, 0.05) is 24.3 Å². The number of carbonyl (C=O) groups is 1. The van der Waals surface area contributed by atoms with E-state index in [0.717, 1.165) is 6.42 Å². The molecule has 0 spiro atoms. The Labute approximate surface area is 157 Å². The molecule has 4 rings (SSSR count). The summed E-state index contributed by atoms with van der Waals surface area (Å²) in [5, 5.41) is 2.83. The lowest BCUT2D eigenvalue weighted by atomic mass is 10.2. The number of nitrogens with zero attached hydrogens (tertiary/aromatic N) is 1. The van der Waals surface area contributed by atoms with Crippen LogP contribution >= 0.6 is 0 Å². The third-order valence-corrected chi connectivity index (χ3v) is 6.59. The van der Waals surface area contributed by atoms with Crippen molar-refractivity contribution >= 4 is 21.6 Å². The van der Waals surface area contributed by atoms with Crippen LogP contribution in [0.25, 0.3) is 0 Å². The highest BCUT2D eigenvalue weighted by Gasteiger charge is 2.33. The molecule has 1 N–H and O–H groups in total. The van der Waals surface area contributed by atoms with E-state index in [1.165, 1.54) is 0 Å². The predicted molar refractivity (Wildman–Crippen MR) is 99.8 cm³/mol. The van der Waals surface area contributed by atoms with Crippen LogP contribution in [0.15, 0.2) is 53.4 Å². The second-order valence-corrected chi connectivity index (χ2v) is 8.62. The molecule has 0 bridgehead atoms. The molecular formula is C19H20N2O5S. The number of hydrogen-bond acceptors (Lipinski definition) is 5. The van der Waals surface area contributed by atoms with Crippen molar-refractivity contribution in [1.82, 2.24) is 4.90 Å². The molecule has 2 heterocycles. The van der Waals surface area contributed by atoms with E-state index >= 15 is 0 Å². The number of hydrogen-bond donors (Lipinski definition) is 1. The number of amides is 2. The lowest BCUT2D eigenvalue weighted by Gasteiger charge is -2.25. The minimum Gasteiger partial charge on any atom is -0.454 e. The number of fused-ring (bicyclic) bond motifs is 1. The highest BCUT2D eigenvalue weighted by atomic mass is 32.2. The lowest BCUT2D eigenvalue weighted by Crippen LogP contribution is -2.42. The molecule has 2 amide bonds. The van der Waals surface area contributed by atoms with Gasteiger partial charge < -0.3 is 19.7 Å². The zero-order valence-electron chi connectivity index (χ0n) is 14.6. The summed E-state index contributed by atoms with van der Waals surface area (Å²) in [4.78, 5) is 14.6. The van der Waals surface area contributed by atoms with Crippen molar-refractivity contribution in [3.05, 3.63) is 48.5 Å². The Morgan fingerprint density at radius 2 is 1.89 bits per heavy atom. The summed E-state index contributed by atoms with van der Waals surface area (Å²) in [7, 11) is -3.45. The van der Waals surface area contributed by atoms with E-state index in [4.69, 9.17) is 9.47 Å². The van der Waals surface area contributed by atoms with Crippen LogP contribution in [0.5, 0.6) is 11.5 Å². The molecule has 1 atom stereocenters. The average Bonchev–Trinajstić information content (AvgIpc) is 3.31. The van der Waals surface area contributed by atoms with Gasteiger partial charge in [-0.05, 0) is 37.1 Å². The maximum Gasteiger partial charge on any atom is 0.322 e. The average molecular weight is 388 g/mol. The smallest absolute Gasteiger partial charge is 0.322 e. The molecule has 8 heteroatoms. The lowest BCUT2D eigenvalue weighted by molar-refractivity contribution is 0.174. The first kappa shape index (κ1) is 17.7. The second-order valence-electron chi connectivity index (χ2n) is 6.58. The Morgan fingerprint density at radius 3 is 2.70 bits per heavy atom. The number of likely N-dealkylation sites (tertiary alicyclic amines) is 1. The molecule has 0 aliphatic carbocycles. The van der Waals surface area contributed by atoms with Crippen molar-refractivity contribution in [2.45, 2.75) is 23.8 Å². The van der Waals surface area contributed by atoms with E-state index in [9.17, 15) is 13.2 Å². The van der Waals surface area contributed by atoms with Gasteiger partial charge in [0.1, 0.15) is 0 Å². The highest BCUT2D eigenvalue weighted by Crippen LogP contribution is 2.34. The first-order chi connectivity index (χ1) is 13.0. The van der Waals surface area contributed by atoms with Crippen LogP contribution in [0.2, 0.25) is 0 Å². The maximum atomic E-state index is 12.7. The molecule has 2 aliphatic rings. The van der Waals surface area contributed by atoms with E-state index in [-0.39, 0.29) is 29.5 Å². The standard InChI is InChI=1S/C19H20N2O5S/c22-19(20-14-8-9-17-18(11-14)26-13-25-17)21-10-4-5-15(21)12-27(23,24)16-6-2-1-3-7-16/h1-3,6-9,11,15H,4-5,10,12-13H2,(H,20,22). The van der Waals surface area contributed by atoms with Crippen LogP contribution in [0.1, 0.15) is 12.8 Å². The molecular weight excluding hydrogens is 368 g/mol. The summed E-state index contributed by atoms with van der Waals surface area (Å²) in [6.45, 7) is 0.698. The van der Waals surface area contributed by atoms with Crippen molar-refractivity contribution < 1.29 is 22.7 Å². The zero-order chi connectivity index (χ0) is 18.9. The molecule has 0 saturated carbocycles. The molecule has 0 radical (unpaired) electrons. The number of urea groups is 1. The number of ether oxygens (including phenoxy) is 2. The highest BCUT2D eigenvalue weighted by molar-refractivity contribution is 7.91. The Balaban J connectivity index is 1.45. The van der Waals surface area contributed by atoms with Crippen LogP contribution in [0.3, 0.4) is 0 Å². The summed E-state index contributed by atoms with van der Waals surface area (Å²) >= 11 is 0. The maximum absolute atomic E-state index is 12.7. The third kappa shape index (κ3) is 3.71. The number of carbonyl (C=O) groups excluding carboxylic acids is 1. The first-order valence-electron chi connectivity index (χ1n) is 8.78. The topological polar surface area (TPSA) is 84.9 Å². The third-order valence-electron chi connectivity index (χ3n) is 4.78. The number of nitrogens with one attached hydrogen (secondary N) is 1. The molecule has 2 aliphatic heterocycles. The number of rotatable bonds is 4. The van der Waals surface area contributed by atoms with Crippen LogP contribution in [-0.2, 0) is 9.84 Å². The Kier molecular flexibility index (Phi) is 4.65. The normalized spacial score (nSPS) is 18.5. The SMILES string of the molecule is O=C(Nc1ccc2c(c1)OCO2)N1CCCC1CS(=O)(=O)c1ccccc1. The molecule has 1 fully saturated rings. The van der Waals surface area contributed by atoms with E-state index in [1.807, 2.05) is 0 Å². The van der Waals surface area contributed by atoms with Crippen LogP contribution in [0, 0.1) is 0 Å². The molecule has 142 valence electrons. The Morgan fingerprint density at radius 1 is 1.11 bits per heavy atom. The van der Waals surface area contributed by atoms with Gasteiger partial charge >= 0.3 is 6.03 Å². The van der Waals surface area contributed by atoms with Crippen LogP contribution in [0.4, 0.5) is 10.5 Å². The van der Waals surface area contributed by atoms with E-state index in [0.29, 0.717) is 30.2 Å². The van der Waals surface area contributed by atoms with E-state index in [1.54, 1.807) is 53.4 Å². The largest absolute Gasteiger partial charge is 0.454 e. The zero-order valence-corrected chi connectivity index (χ0v) is 15.4. The van der Waals surface area contributed by atoms with Crippen LogP contribution in [-0.4, -0.2) is 44.5 Å². The van der Waals surface area contributed by atoms with E-state index in [2.05, 4.69) is 5.32 Å². The molecule has 2 aromatic carbocycles. The minimum absolute atomic E-state index is 0.0778. The molecule has 1 unspecified atom stereocenters. The molecule has 27 heavy (non-hydrogen) atoms. The molecule has 2 aromatic rings. The van der Waals surface area contributed by atoms with Gasteiger partial charge in [-0.2, -0.15) is 0 Å². The van der Waals surface area contributed by atoms with Crippen molar-refractivity contribution in [3.63, 3.8) is 0 Å². The van der Waals surface area contributed by atoms with Gasteiger partial charge in [0.15, 0.2) is 21.3 Å². The van der Waals surface area contributed by atoms with Gasteiger partial charge in [-0.25, -0.2) is 13.2 Å². The van der Waals surface area contributed by atoms with E-state index < -0.39 is 9.84 Å². The fourth-order valence-electron chi connectivity index (χ4n) is 3.42. The molecule has 0 aromatic heterocycles. The summed E-state index contributed by atoms with van der Waals surface area (Å²) in [5.41, 5.74) is 0.584. The van der Waals surface area contributed by atoms with Gasteiger partial charge in [-0.15, -0.1) is 0 Å². The number of anilines is 1. The first-order valence-corrected chi connectivity index (χ1v) is 10.4. The Bertz CT molecular complexity index is 946. The summed E-state index contributed by atoms with van der Waals surface area (Å²) in [6, 6.07) is 12.9. The number of sulfone groups is 1. The van der Waals surface area contributed by atoms with Gasteiger partial charge in [0.2, 0.25) is 6.79 Å².